The molecule has 0 bridgehead atoms. The van der Waals surface area contributed by atoms with E-state index < -0.39 is 6.10 Å². The topological polar surface area (TPSA) is 78.9 Å². The number of unbranched alkanes of at least 4 members (excludes halogenated alkanes) is 10. The second kappa shape index (κ2) is 52.7. The minimum Gasteiger partial charge on any atom is -0.462 e. The van der Waals surface area contributed by atoms with Crippen LogP contribution < -0.4 is 0 Å². The fourth-order valence-electron chi connectivity index (χ4n) is 6.16. The van der Waals surface area contributed by atoms with Crippen LogP contribution in [-0.2, 0) is 28.6 Å². The van der Waals surface area contributed by atoms with Crippen LogP contribution >= 0.6 is 0 Å². The highest BCUT2D eigenvalue weighted by atomic mass is 16.6. The number of hydrogen-bond donors (Lipinski definition) is 0. The fourth-order valence-corrected chi connectivity index (χ4v) is 6.16. The fraction of sp³-hybridized carbons (Fsp3) is 0.517. The molecule has 6 nitrogen and oxygen atoms in total. The lowest BCUT2D eigenvalue weighted by molar-refractivity contribution is -0.167. The monoisotopic (exact) mass is 907 g/mol. The van der Waals surface area contributed by atoms with Crippen molar-refractivity contribution in [3.63, 3.8) is 0 Å². The molecule has 1 atom stereocenters. The van der Waals surface area contributed by atoms with Crippen molar-refractivity contribution in [3.05, 3.63) is 158 Å². The zero-order valence-corrected chi connectivity index (χ0v) is 41.6. The van der Waals surface area contributed by atoms with Crippen molar-refractivity contribution < 1.29 is 28.6 Å². The summed E-state index contributed by atoms with van der Waals surface area (Å²) >= 11 is 0. The molecular weight excluding hydrogens is 817 g/mol. The van der Waals surface area contributed by atoms with Crippen LogP contribution in [0.5, 0.6) is 0 Å². The maximum absolute atomic E-state index is 12.8. The molecule has 0 amide bonds. The molecular formula is C60H90O6. The summed E-state index contributed by atoms with van der Waals surface area (Å²) in [7, 11) is 0. The number of rotatable bonds is 43. The van der Waals surface area contributed by atoms with Crippen molar-refractivity contribution >= 4 is 17.9 Å². The summed E-state index contributed by atoms with van der Waals surface area (Å²) < 4.78 is 16.7. The number of hydrogen-bond acceptors (Lipinski definition) is 6. The van der Waals surface area contributed by atoms with Gasteiger partial charge in [0.15, 0.2) is 6.10 Å². The van der Waals surface area contributed by atoms with Gasteiger partial charge in [-0.15, -0.1) is 0 Å². The first kappa shape index (κ1) is 61.0. The zero-order chi connectivity index (χ0) is 47.9. The molecule has 0 aliphatic heterocycles. The van der Waals surface area contributed by atoms with Crippen molar-refractivity contribution in [1.29, 1.82) is 0 Å². The summed E-state index contributed by atoms with van der Waals surface area (Å²) in [6, 6.07) is 0. The van der Waals surface area contributed by atoms with Crippen LogP contribution in [0.25, 0.3) is 0 Å². The van der Waals surface area contributed by atoms with Crippen LogP contribution in [0.15, 0.2) is 158 Å². The first-order valence-electron chi connectivity index (χ1n) is 25.6. The molecule has 0 heterocycles. The highest BCUT2D eigenvalue weighted by Crippen LogP contribution is 2.12. The third-order valence-corrected chi connectivity index (χ3v) is 9.89. The third kappa shape index (κ3) is 50.0. The molecule has 0 saturated heterocycles. The largest absolute Gasteiger partial charge is 0.462 e. The summed E-state index contributed by atoms with van der Waals surface area (Å²) in [6.07, 6.45) is 76.6. The van der Waals surface area contributed by atoms with Gasteiger partial charge < -0.3 is 14.2 Å². The Labute approximate surface area is 403 Å². The Morgan fingerprint density at radius 3 is 1.09 bits per heavy atom. The molecule has 0 aromatic heterocycles. The Hall–Kier alpha value is -4.97. The molecule has 0 aromatic rings. The molecule has 0 fully saturated rings. The van der Waals surface area contributed by atoms with Crippen LogP contribution in [0.2, 0.25) is 0 Å². The minimum absolute atomic E-state index is 0.129. The van der Waals surface area contributed by atoms with Gasteiger partial charge in [0.2, 0.25) is 0 Å². The average Bonchev–Trinajstić information content (AvgIpc) is 3.31. The van der Waals surface area contributed by atoms with E-state index in [2.05, 4.69) is 124 Å². The predicted molar refractivity (Wildman–Crippen MR) is 283 cm³/mol. The van der Waals surface area contributed by atoms with Gasteiger partial charge in [0, 0.05) is 19.3 Å². The second-order valence-electron chi connectivity index (χ2n) is 16.1. The molecule has 0 spiro atoms. The van der Waals surface area contributed by atoms with Gasteiger partial charge in [-0.2, -0.15) is 0 Å². The van der Waals surface area contributed by atoms with E-state index in [1.54, 1.807) is 0 Å². The molecule has 0 rings (SSSR count). The molecule has 0 aliphatic rings. The molecule has 1 unspecified atom stereocenters. The van der Waals surface area contributed by atoms with Gasteiger partial charge in [-0.25, -0.2) is 0 Å². The molecule has 0 N–H and O–H groups in total. The van der Waals surface area contributed by atoms with Gasteiger partial charge in [-0.1, -0.05) is 211 Å². The maximum atomic E-state index is 12.8. The normalized spacial score (nSPS) is 13.4. The number of carbonyl (C=O) groups is 3. The smallest absolute Gasteiger partial charge is 0.306 e. The number of carbonyl (C=O) groups excluding carboxylic acids is 3. The van der Waals surface area contributed by atoms with Gasteiger partial charge in [0.05, 0.1) is 0 Å². The van der Waals surface area contributed by atoms with E-state index in [1.165, 1.54) is 12.8 Å². The van der Waals surface area contributed by atoms with Gasteiger partial charge in [0.1, 0.15) is 13.2 Å². The Morgan fingerprint density at radius 2 is 0.636 bits per heavy atom. The predicted octanol–water partition coefficient (Wildman–Crippen LogP) is 17.0. The quantitative estimate of drug-likeness (QED) is 0.0199. The summed E-state index contributed by atoms with van der Waals surface area (Å²) in [5.74, 6) is -1.07. The van der Waals surface area contributed by atoms with Crippen LogP contribution in [0.1, 0.15) is 181 Å². The minimum atomic E-state index is -0.837. The molecule has 366 valence electrons. The molecule has 0 aliphatic carbocycles. The highest BCUT2D eigenvalue weighted by Gasteiger charge is 2.19. The van der Waals surface area contributed by atoms with E-state index in [4.69, 9.17) is 14.2 Å². The Kier molecular flexibility index (Phi) is 48.7. The lowest BCUT2D eigenvalue weighted by Crippen LogP contribution is -2.30. The molecule has 6 heteroatoms. The Morgan fingerprint density at radius 1 is 0.318 bits per heavy atom. The first-order chi connectivity index (χ1) is 32.5. The molecule has 0 saturated carbocycles. The Bertz CT molecular complexity index is 1560. The van der Waals surface area contributed by atoms with Crippen molar-refractivity contribution in [2.75, 3.05) is 13.2 Å². The number of ether oxygens (including phenoxy) is 3. The van der Waals surface area contributed by atoms with E-state index in [1.807, 2.05) is 54.7 Å². The van der Waals surface area contributed by atoms with Gasteiger partial charge in [0.25, 0.3) is 0 Å². The van der Waals surface area contributed by atoms with Crippen molar-refractivity contribution in [3.8, 4) is 0 Å². The van der Waals surface area contributed by atoms with Crippen molar-refractivity contribution in [2.24, 2.45) is 0 Å². The van der Waals surface area contributed by atoms with Crippen LogP contribution in [0, 0.1) is 0 Å². The third-order valence-electron chi connectivity index (χ3n) is 9.89. The zero-order valence-electron chi connectivity index (χ0n) is 41.6. The number of allylic oxidation sites excluding steroid dienone is 26. The van der Waals surface area contributed by atoms with E-state index in [9.17, 15) is 14.4 Å². The van der Waals surface area contributed by atoms with Gasteiger partial charge >= 0.3 is 17.9 Å². The van der Waals surface area contributed by atoms with Crippen molar-refractivity contribution in [1.82, 2.24) is 0 Å². The molecule has 0 radical (unpaired) electrons. The van der Waals surface area contributed by atoms with Crippen LogP contribution in [-0.4, -0.2) is 37.2 Å². The first-order valence-corrected chi connectivity index (χ1v) is 25.6. The maximum Gasteiger partial charge on any atom is 0.306 e. The standard InChI is InChI=1S/C60H90O6/c1-4-7-10-13-16-19-22-25-27-29-30-31-33-35-38-41-44-47-50-53-59(62)65-56-57(55-64-58(61)52-49-46-43-40-37-34-24-21-18-15-12-9-6-3)66-60(63)54-51-48-45-42-39-36-32-28-26-23-20-17-14-11-8-5-2/h7-12,15-21,24-28,30-31,34,36-37,39-40,43,57H,4-6,13-14,22-23,29,32-33,35,38,41-42,44-56H2,1-3H3/b10-7+,11-8+,12-9+,18-15+,19-16+,20-17+,24-21+,27-25+,28-26+,31-30+,37-34+,39-36+,43-40+. The average molecular weight is 907 g/mol. The van der Waals surface area contributed by atoms with E-state index in [0.29, 0.717) is 19.3 Å². The lowest BCUT2D eigenvalue weighted by Gasteiger charge is -2.18. The van der Waals surface area contributed by atoms with Gasteiger partial charge in [-0.05, 0) is 109 Å². The van der Waals surface area contributed by atoms with Crippen molar-refractivity contribution in [2.45, 2.75) is 187 Å². The van der Waals surface area contributed by atoms with E-state index >= 15 is 0 Å². The van der Waals surface area contributed by atoms with Crippen LogP contribution in [0.4, 0.5) is 0 Å². The summed E-state index contributed by atoms with van der Waals surface area (Å²) in [6.45, 7) is 6.13. The van der Waals surface area contributed by atoms with Crippen LogP contribution in [0.3, 0.4) is 0 Å². The Balaban J connectivity index is 4.58. The van der Waals surface area contributed by atoms with E-state index in [-0.39, 0.29) is 44.0 Å². The summed E-state index contributed by atoms with van der Waals surface area (Å²) in [5.41, 5.74) is 0. The SMILES string of the molecule is CC/C=C/C=C/C=C/C=C/C=C/CCCC(=O)OCC(COC(=O)CCCCCCCC/C=C/C/C=C/C/C=C/C/C=C/CC)OC(=O)CCCCC/C=C/C/C=C/C/C=C/C/C=C/CC. The van der Waals surface area contributed by atoms with E-state index in [0.717, 1.165) is 116 Å². The highest BCUT2D eigenvalue weighted by molar-refractivity contribution is 5.71. The molecule has 66 heavy (non-hydrogen) atoms. The summed E-state index contributed by atoms with van der Waals surface area (Å²) in [4.78, 5) is 38.0. The van der Waals surface area contributed by atoms with Gasteiger partial charge in [-0.3, -0.25) is 14.4 Å². The second-order valence-corrected chi connectivity index (χ2v) is 16.1. The number of esters is 3. The molecule has 0 aromatic carbocycles. The lowest BCUT2D eigenvalue weighted by atomic mass is 10.1. The summed E-state index contributed by atoms with van der Waals surface area (Å²) in [5, 5.41) is 0.